The third-order valence-corrected chi connectivity index (χ3v) is 8.86. The fraction of sp³-hybridized carbons (Fsp3) is 0.0500. The van der Waals surface area contributed by atoms with E-state index in [-0.39, 0.29) is 5.69 Å². The molecule has 0 unspecified atom stereocenters. The van der Waals surface area contributed by atoms with Crippen molar-refractivity contribution in [3.8, 4) is 44.5 Å². The zero-order valence-electron chi connectivity index (χ0n) is 24.5. The first-order valence-electron chi connectivity index (χ1n) is 14.8. The lowest BCUT2D eigenvalue weighted by atomic mass is 9.84. The second kappa shape index (κ2) is 10.2. The monoisotopic (exact) mass is 567 g/mol. The van der Waals surface area contributed by atoms with Crippen LogP contribution in [-0.4, -0.2) is 14.1 Å². The first kappa shape index (κ1) is 25.9. The van der Waals surface area contributed by atoms with E-state index in [0.717, 1.165) is 38.7 Å². The molecule has 210 valence electrons. The van der Waals surface area contributed by atoms with Crippen molar-refractivity contribution in [2.45, 2.75) is 0 Å². The highest BCUT2D eigenvalue weighted by Gasteiger charge is 2.19. The lowest BCUT2D eigenvalue weighted by Gasteiger charge is -2.19. The molecule has 0 N–H and O–H groups in total. The first-order chi connectivity index (χ1) is 21.6. The molecule has 0 bridgehead atoms. The molecule has 0 amide bonds. The van der Waals surface area contributed by atoms with Crippen LogP contribution < -0.4 is 5.69 Å². The van der Waals surface area contributed by atoms with Gasteiger partial charge in [-0.2, -0.15) is 0 Å². The van der Waals surface area contributed by atoms with E-state index in [2.05, 4.69) is 120 Å². The van der Waals surface area contributed by atoms with Gasteiger partial charge >= 0.3 is 5.69 Å². The van der Waals surface area contributed by atoms with Crippen LogP contribution in [0.1, 0.15) is 0 Å². The van der Waals surface area contributed by atoms with E-state index in [1.807, 2.05) is 32.4 Å². The molecule has 0 aliphatic carbocycles. The largest absolute Gasteiger partial charge is 0.328 e. The Morgan fingerprint density at radius 2 is 1.02 bits per heavy atom. The van der Waals surface area contributed by atoms with Crippen molar-refractivity contribution in [1.29, 1.82) is 0 Å². The molecule has 4 heteroatoms. The van der Waals surface area contributed by atoms with Gasteiger partial charge in [-0.05, 0) is 84.8 Å². The van der Waals surface area contributed by atoms with E-state index in [1.165, 1.54) is 38.4 Å². The van der Waals surface area contributed by atoms with Gasteiger partial charge in [0.2, 0.25) is 0 Å². The summed E-state index contributed by atoms with van der Waals surface area (Å²) in [5.74, 6) is 0. The average molecular weight is 568 g/mol. The molecule has 2 heterocycles. The summed E-state index contributed by atoms with van der Waals surface area (Å²) in [6.07, 6.45) is 3.72. The van der Waals surface area contributed by atoms with Gasteiger partial charge < -0.3 is 0 Å². The highest BCUT2D eigenvalue weighted by atomic mass is 16.1. The van der Waals surface area contributed by atoms with E-state index in [9.17, 15) is 4.79 Å². The topological polar surface area (TPSA) is 39.8 Å². The Hall–Kier alpha value is -5.74. The molecule has 0 saturated carbocycles. The summed E-state index contributed by atoms with van der Waals surface area (Å²) in [5.41, 5.74) is 11.0. The second-order valence-electron chi connectivity index (χ2n) is 11.3. The van der Waals surface area contributed by atoms with Gasteiger partial charge in [0.25, 0.3) is 0 Å². The summed E-state index contributed by atoms with van der Waals surface area (Å²) in [6.45, 7) is 0. The van der Waals surface area contributed by atoms with Crippen molar-refractivity contribution >= 4 is 32.6 Å². The maximum Gasteiger partial charge on any atom is 0.328 e. The standard InChI is InChI=1S/C40H29N3O/c1-42-36-21-19-30(24-37(36)43(2)40(42)44)39-33-13-7-6-12-32(33)38(28-16-14-27(15-17-28)26-9-4-3-5-10-26)34-20-18-29(23-35(34)39)31-11-8-22-41-25-31/h3-25H,1-2H3. The minimum Gasteiger partial charge on any atom is -0.295 e. The van der Waals surface area contributed by atoms with Crippen molar-refractivity contribution in [3.63, 3.8) is 0 Å². The maximum atomic E-state index is 12.8. The van der Waals surface area contributed by atoms with Crippen LogP contribution in [0, 0.1) is 0 Å². The van der Waals surface area contributed by atoms with Crippen molar-refractivity contribution in [2.24, 2.45) is 14.1 Å². The summed E-state index contributed by atoms with van der Waals surface area (Å²) in [5, 5.41) is 4.71. The molecular weight excluding hydrogens is 538 g/mol. The van der Waals surface area contributed by atoms with Gasteiger partial charge in [0.15, 0.2) is 0 Å². The molecule has 0 radical (unpaired) electrons. The van der Waals surface area contributed by atoms with Crippen LogP contribution in [0.25, 0.3) is 77.1 Å². The van der Waals surface area contributed by atoms with Crippen molar-refractivity contribution < 1.29 is 0 Å². The Morgan fingerprint density at radius 1 is 0.455 bits per heavy atom. The van der Waals surface area contributed by atoms with E-state index in [0.29, 0.717) is 0 Å². The predicted octanol–water partition coefficient (Wildman–Crippen LogP) is 9.25. The van der Waals surface area contributed by atoms with Crippen molar-refractivity contribution in [2.75, 3.05) is 0 Å². The highest BCUT2D eigenvalue weighted by Crippen LogP contribution is 2.45. The Kier molecular flexibility index (Phi) is 6.02. The van der Waals surface area contributed by atoms with Crippen LogP contribution in [0.2, 0.25) is 0 Å². The quantitative estimate of drug-likeness (QED) is 0.199. The maximum absolute atomic E-state index is 12.8. The van der Waals surface area contributed by atoms with E-state index in [4.69, 9.17) is 0 Å². The minimum atomic E-state index is -0.0278. The number of aryl methyl sites for hydroxylation is 2. The van der Waals surface area contributed by atoms with Gasteiger partial charge in [-0.1, -0.05) is 103 Å². The van der Waals surface area contributed by atoms with Gasteiger partial charge in [0.1, 0.15) is 0 Å². The Balaban J connectivity index is 1.45. The normalized spacial score (nSPS) is 11.5. The van der Waals surface area contributed by atoms with E-state index >= 15 is 0 Å². The zero-order chi connectivity index (χ0) is 29.8. The molecule has 0 atom stereocenters. The first-order valence-corrected chi connectivity index (χ1v) is 14.8. The fourth-order valence-corrected chi connectivity index (χ4v) is 6.64. The van der Waals surface area contributed by atoms with Crippen LogP contribution in [0.3, 0.4) is 0 Å². The third-order valence-electron chi connectivity index (χ3n) is 8.86. The number of nitrogens with zero attached hydrogens (tertiary/aromatic N) is 3. The van der Waals surface area contributed by atoms with Gasteiger partial charge in [0, 0.05) is 32.1 Å². The lowest BCUT2D eigenvalue weighted by molar-refractivity contribution is 0.795. The third kappa shape index (κ3) is 4.07. The van der Waals surface area contributed by atoms with Crippen molar-refractivity contribution in [1.82, 2.24) is 14.1 Å². The number of fused-ring (bicyclic) bond motifs is 3. The number of imidazole rings is 1. The van der Waals surface area contributed by atoms with Gasteiger partial charge in [-0.15, -0.1) is 0 Å². The van der Waals surface area contributed by atoms with Crippen LogP contribution in [-0.2, 0) is 14.1 Å². The number of hydrogen-bond acceptors (Lipinski definition) is 2. The van der Waals surface area contributed by atoms with Crippen LogP contribution >= 0.6 is 0 Å². The molecule has 8 rings (SSSR count). The van der Waals surface area contributed by atoms with Crippen LogP contribution in [0.5, 0.6) is 0 Å². The molecule has 44 heavy (non-hydrogen) atoms. The Morgan fingerprint density at radius 3 is 1.75 bits per heavy atom. The number of rotatable bonds is 4. The SMILES string of the molecule is Cn1c(=O)n(C)c2cc(-c3c4ccccc4c(-c4ccc(-c5ccccc5)cc4)c4ccc(-c5cccnc5)cc34)ccc21. The smallest absolute Gasteiger partial charge is 0.295 e. The van der Waals surface area contributed by atoms with Crippen LogP contribution in [0.4, 0.5) is 0 Å². The summed E-state index contributed by atoms with van der Waals surface area (Å²) >= 11 is 0. The minimum absolute atomic E-state index is 0.0278. The molecule has 6 aromatic carbocycles. The number of benzene rings is 6. The fourth-order valence-electron chi connectivity index (χ4n) is 6.64. The molecule has 4 nitrogen and oxygen atoms in total. The molecule has 0 fully saturated rings. The number of pyridine rings is 1. The summed E-state index contributed by atoms with van der Waals surface area (Å²) in [7, 11) is 3.67. The Bertz CT molecular complexity index is 2400. The van der Waals surface area contributed by atoms with Gasteiger partial charge in [0.05, 0.1) is 11.0 Å². The molecular formula is C40H29N3O. The number of aromatic nitrogens is 3. The van der Waals surface area contributed by atoms with Gasteiger partial charge in [-0.3, -0.25) is 14.1 Å². The molecule has 0 spiro atoms. The molecule has 0 saturated heterocycles. The summed E-state index contributed by atoms with van der Waals surface area (Å²) < 4.78 is 3.44. The zero-order valence-corrected chi connectivity index (χ0v) is 24.5. The molecule has 8 aromatic rings. The molecule has 0 aliphatic heterocycles. The van der Waals surface area contributed by atoms with E-state index in [1.54, 1.807) is 15.3 Å². The molecule has 2 aromatic heterocycles. The Labute approximate surface area is 255 Å². The van der Waals surface area contributed by atoms with Crippen molar-refractivity contribution in [3.05, 3.63) is 150 Å². The van der Waals surface area contributed by atoms with Gasteiger partial charge in [-0.25, -0.2) is 4.79 Å². The summed E-state index contributed by atoms with van der Waals surface area (Å²) in [4.78, 5) is 17.2. The van der Waals surface area contributed by atoms with E-state index < -0.39 is 0 Å². The highest BCUT2D eigenvalue weighted by molar-refractivity contribution is 6.22. The second-order valence-corrected chi connectivity index (χ2v) is 11.3. The summed E-state index contributed by atoms with van der Waals surface area (Å²) in [6, 6.07) is 45.3. The average Bonchev–Trinajstić information content (AvgIpc) is 3.30. The van der Waals surface area contributed by atoms with Crippen LogP contribution in [0.15, 0.2) is 145 Å². The lowest BCUT2D eigenvalue weighted by Crippen LogP contribution is -2.19. The predicted molar refractivity (Wildman–Crippen MR) is 183 cm³/mol. The number of hydrogen-bond donors (Lipinski definition) is 0. The molecule has 0 aliphatic rings.